The fourth-order valence-corrected chi connectivity index (χ4v) is 1.60. The highest BCUT2D eigenvalue weighted by Crippen LogP contribution is 2.32. The van der Waals surface area contributed by atoms with E-state index in [1.165, 1.54) is 0 Å². The van der Waals surface area contributed by atoms with E-state index < -0.39 is 11.6 Å². The van der Waals surface area contributed by atoms with Crippen LogP contribution in [0.5, 0.6) is 0 Å². The van der Waals surface area contributed by atoms with Crippen LogP contribution in [0.1, 0.15) is 20.3 Å². The Hall–Kier alpha value is -1.52. The minimum atomic E-state index is -1.06. The Morgan fingerprint density at radius 2 is 2.29 bits per heavy atom. The Kier molecular flexibility index (Phi) is 1.77. The van der Waals surface area contributed by atoms with Crippen LogP contribution in [0.4, 0.5) is 0 Å². The molecule has 0 saturated heterocycles. The molecule has 76 valence electrons. The molecule has 0 amide bonds. The van der Waals surface area contributed by atoms with Crippen molar-refractivity contribution in [3.8, 4) is 0 Å². The van der Waals surface area contributed by atoms with E-state index in [4.69, 9.17) is 14.7 Å². The molecule has 0 saturated carbocycles. The summed E-state index contributed by atoms with van der Waals surface area (Å²) in [5, 5.41) is 12.7. The van der Waals surface area contributed by atoms with E-state index in [0.29, 0.717) is 17.7 Å². The van der Waals surface area contributed by atoms with Gasteiger partial charge in [-0.3, -0.25) is 0 Å². The summed E-state index contributed by atoms with van der Waals surface area (Å²) in [4.78, 5) is 15.7. The number of oxime groups is 1. The lowest BCUT2D eigenvalue weighted by Gasteiger charge is -2.30. The number of carboxylic acids is 1. The second-order valence-electron chi connectivity index (χ2n) is 3.96. The Labute approximate surface area is 81.0 Å². The van der Waals surface area contributed by atoms with Crippen molar-refractivity contribution < 1.29 is 19.5 Å². The van der Waals surface area contributed by atoms with Gasteiger partial charge in [-0.05, 0) is 13.8 Å². The second-order valence-corrected chi connectivity index (χ2v) is 3.96. The van der Waals surface area contributed by atoms with Gasteiger partial charge in [-0.1, -0.05) is 5.16 Å². The van der Waals surface area contributed by atoms with Crippen molar-refractivity contribution in [2.24, 2.45) is 5.16 Å². The molecule has 0 radical (unpaired) electrons. The number of carboxylic acid groups (broad SMARTS) is 1. The van der Waals surface area contributed by atoms with Gasteiger partial charge in [-0.15, -0.1) is 0 Å². The number of carbonyl (C=O) groups is 1. The topological polar surface area (TPSA) is 68.1 Å². The van der Waals surface area contributed by atoms with Crippen molar-refractivity contribution in [1.82, 2.24) is 0 Å². The van der Waals surface area contributed by atoms with Gasteiger partial charge in [0.05, 0.1) is 11.3 Å². The number of hydrogen-bond donors (Lipinski definition) is 1. The van der Waals surface area contributed by atoms with E-state index in [0.717, 1.165) is 0 Å². The van der Waals surface area contributed by atoms with E-state index in [2.05, 4.69) is 5.16 Å². The number of nitrogens with zero attached hydrogens (tertiary/aromatic N) is 1. The van der Waals surface area contributed by atoms with Crippen LogP contribution in [0.15, 0.2) is 16.5 Å². The van der Waals surface area contributed by atoms with Gasteiger partial charge in [0, 0.05) is 6.42 Å². The van der Waals surface area contributed by atoms with E-state index in [-0.39, 0.29) is 12.4 Å². The van der Waals surface area contributed by atoms with Crippen LogP contribution >= 0.6 is 0 Å². The third-order valence-electron chi connectivity index (χ3n) is 2.17. The highest BCUT2D eigenvalue weighted by molar-refractivity contribution is 6.07. The van der Waals surface area contributed by atoms with Crippen molar-refractivity contribution in [2.45, 2.75) is 25.9 Å². The standard InChI is InChI=1S/C9H11NO4/c1-9(2)3-6-5(4-13-10-6)7(14-9)8(11)12/h3-4H2,1-2H3,(H,11,12). The van der Waals surface area contributed by atoms with Crippen LogP contribution in [0, 0.1) is 0 Å². The van der Waals surface area contributed by atoms with Gasteiger partial charge in [0.25, 0.3) is 0 Å². The lowest BCUT2D eigenvalue weighted by molar-refractivity contribution is -0.139. The number of ether oxygens (including phenoxy) is 1. The first-order chi connectivity index (χ1) is 6.49. The maximum absolute atomic E-state index is 10.9. The molecule has 0 fully saturated rings. The average molecular weight is 197 g/mol. The van der Waals surface area contributed by atoms with Crippen LogP contribution in [0.25, 0.3) is 0 Å². The lowest BCUT2D eigenvalue weighted by Crippen LogP contribution is -2.35. The Bertz CT molecular complexity index is 354. The monoisotopic (exact) mass is 197 g/mol. The molecule has 0 atom stereocenters. The molecule has 0 bridgehead atoms. The number of rotatable bonds is 1. The van der Waals surface area contributed by atoms with Gasteiger partial charge in [-0.2, -0.15) is 0 Å². The van der Waals surface area contributed by atoms with E-state index in [1.54, 1.807) is 0 Å². The summed E-state index contributed by atoms with van der Waals surface area (Å²) in [6.07, 6.45) is 0.582. The van der Waals surface area contributed by atoms with Crippen LogP contribution in [0.2, 0.25) is 0 Å². The maximum atomic E-state index is 10.9. The van der Waals surface area contributed by atoms with E-state index >= 15 is 0 Å². The Morgan fingerprint density at radius 3 is 2.93 bits per heavy atom. The molecule has 0 unspecified atom stereocenters. The summed E-state index contributed by atoms with van der Waals surface area (Å²) in [7, 11) is 0. The predicted molar refractivity (Wildman–Crippen MR) is 47.8 cm³/mol. The molecule has 0 aliphatic carbocycles. The summed E-state index contributed by atoms with van der Waals surface area (Å²) in [6.45, 7) is 3.86. The molecule has 2 heterocycles. The molecule has 2 aliphatic rings. The van der Waals surface area contributed by atoms with Crippen LogP contribution in [0.3, 0.4) is 0 Å². The Morgan fingerprint density at radius 1 is 1.57 bits per heavy atom. The largest absolute Gasteiger partial charge is 0.480 e. The molecule has 14 heavy (non-hydrogen) atoms. The van der Waals surface area contributed by atoms with Gasteiger partial charge in [-0.25, -0.2) is 4.79 Å². The second kappa shape index (κ2) is 2.73. The first-order valence-corrected chi connectivity index (χ1v) is 4.34. The smallest absolute Gasteiger partial charge is 0.371 e. The first kappa shape index (κ1) is 9.05. The predicted octanol–water partition coefficient (Wildman–Crippen LogP) is 0.910. The van der Waals surface area contributed by atoms with Gasteiger partial charge in [0.1, 0.15) is 12.2 Å². The first-order valence-electron chi connectivity index (χ1n) is 4.34. The van der Waals surface area contributed by atoms with E-state index in [1.807, 2.05) is 13.8 Å². The third kappa shape index (κ3) is 1.34. The number of aliphatic carboxylic acids is 1. The molecule has 0 aromatic carbocycles. The summed E-state index contributed by atoms with van der Waals surface area (Å²) in [6, 6.07) is 0. The molecule has 0 aromatic heterocycles. The minimum absolute atomic E-state index is 0.0301. The van der Waals surface area contributed by atoms with Crippen LogP contribution < -0.4 is 0 Å². The fourth-order valence-electron chi connectivity index (χ4n) is 1.60. The normalized spacial score (nSPS) is 23.4. The molecular weight excluding hydrogens is 186 g/mol. The SMILES string of the molecule is CC1(C)CC2=NOCC2=C(C(=O)O)O1. The summed E-state index contributed by atoms with van der Waals surface area (Å²) in [5.74, 6) is -1.09. The third-order valence-corrected chi connectivity index (χ3v) is 2.17. The molecular formula is C9H11NO4. The average Bonchev–Trinajstić information content (AvgIpc) is 2.47. The maximum Gasteiger partial charge on any atom is 0.371 e. The van der Waals surface area contributed by atoms with Crippen molar-refractivity contribution in [3.05, 3.63) is 11.3 Å². The van der Waals surface area contributed by atoms with Crippen molar-refractivity contribution in [3.63, 3.8) is 0 Å². The number of hydrogen-bond acceptors (Lipinski definition) is 4. The van der Waals surface area contributed by atoms with Crippen molar-refractivity contribution >= 4 is 11.7 Å². The zero-order valence-electron chi connectivity index (χ0n) is 8.03. The van der Waals surface area contributed by atoms with Gasteiger partial charge < -0.3 is 14.7 Å². The molecule has 2 rings (SSSR count). The summed E-state index contributed by atoms with van der Waals surface area (Å²) < 4.78 is 5.37. The highest BCUT2D eigenvalue weighted by Gasteiger charge is 2.38. The minimum Gasteiger partial charge on any atom is -0.480 e. The van der Waals surface area contributed by atoms with Crippen LogP contribution in [-0.2, 0) is 14.4 Å². The zero-order chi connectivity index (χ0) is 10.3. The fraction of sp³-hybridized carbons (Fsp3) is 0.556. The zero-order valence-corrected chi connectivity index (χ0v) is 8.03. The Balaban J connectivity index is 2.45. The molecule has 1 N–H and O–H groups in total. The van der Waals surface area contributed by atoms with Gasteiger partial charge in [0.2, 0.25) is 5.76 Å². The van der Waals surface area contributed by atoms with Crippen molar-refractivity contribution in [2.75, 3.05) is 6.61 Å². The number of fused-ring (bicyclic) bond motifs is 1. The molecule has 5 nitrogen and oxygen atoms in total. The molecule has 5 heteroatoms. The molecule has 2 aliphatic heterocycles. The van der Waals surface area contributed by atoms with Gasteiger partial charge in [0.15, 0.2) is 0 Å². The van der Waals surface area contributed by atoms with Crippen LogP contribution in [-0.4, -0.2) is 29.0 Å². The van der Waals surface area contributed by atoms with Gasteiger partial charge >= 0.3 is 5.97 Å². The lowest BCUT2D eigenvalue weighted by atomic mass is 9.93. The van der Waals surface area contributed by atoms with E-state index in [9.17, 15) is 4.79 Å². The summed E-state index contributed by atoms with van der Waals surface area (Å²) >= 11 is 0. The quantitative estimate of drug-likeness (QED) is 0.678. The van der Waals surface area contributed by atoms with Crippen molar-refractivity contribution in [1.29, 1.82) is 0 Å². The highest BCUT2D eigenvalue weighted by atomic mass is 16.6. The molecule has 0 aromatic rings. The summed E-state index contributed by atoms with van der Waals surface area (Å²) in [5.41, 5.74) is 0.736. The molecule has 0 spiro atoms.